The van der Waals surface area contributed by atoms with Gasteiger partial charge >= 0.3 is 5.97 Å². The van der Waals surface area contributed by atoms with Gasteiger partial charge in [-0.15, -0.1) is 0 Å². The third-order valence-electron chi connectivity index (χ3n) is 4.09. The molecule has 1 atom stereocenters. The summed E-state index contributed by atoms with van der Waals surface area (Å²) in [6.07, 6.45) is 0.320. The maximum absolute atomic E-state index is 12.9. The molecule has 6 nitrogen and oxygen atoms in total. The molecular formula is C22H22FN3O3. The van der Waals surface area contributed by atoms with E-state index in [0.717, 1.165) is 5.69 Å². The second-order valence-electron chi connectivity index (χ2n) is 6.55. The molecule has 0 fully saturated rings. The summed E-state index contributed by atoms with van der Waals surface area (Å²) in [6, 6.07) is 14.8. The summed E-state index contributed by atoms with van der Waals surface area (Å²) in [5.74, 6) is -1.77. The third-order valence-corrected chi connectivity index (χ3v) is 4.09. The van der Waals surface area contributed by atoms with E-state index in [1.807, 2.05) is 31.1 Å². The maximum atomic E-state index is 12.9. The van der Waals surface area contributed by atoms with Crippen LogP contribution in [0.5, 0.6) is 0 Å². The maximum Gasteiger partial charge on any atom is 0.349 e. The van der Waals surface area contributed by atoms with Crippen LogP contribution < -0.4 is 10.2 Å². The first kappa shape index (κ1) is 21.6. The predicted octanol–water partition coefficient (Wildman–Crippen LogP) is 3.05. The summed E-state index contributed by atoms with van der Waals surface area (Å²) < 4.78 is 18.0. The normalized spacial score (nSPS) is 11.9. The van der Waals surface area contributed by atoms with Gasteiger partial charge in [0.25, 0.3) is 5.91 Å². The van der Waals surface area contributed by atoms with E-state index in [1.165, 1.54) is 25.1 Å². The molecule has 0 aliphatic rings. The zero-order valence-electron chi connectivity index (χ0n) is 16.5. The van der Waals surface area contributed by atoms with Gasteiger partial charge in [-0.2, -0.15) is 5.26 Å². The smallest absolute Gasteiger partial charge is 0.349 e. The minimum absolute atomic E-state index is 0.167. The molecule has 29 heavy (non-hydrogen) atoms. The lowest BCUT2D eigenvalue weighted by molar-refractivity contribution is -0.150. The van der Waals surface area contributed by atoms with Crippen molar-refractivity contribution in [3.63, 3.8) is 0 Å². The molecule has 0 aliphatic carbocycles. The molecule has 1 N–H and O–H groups in total. The standard InChI is InChI=1S/C22H22FN3O3/c1-15(21(27)25-14-17-4-8-19(23)9-5-17)29-22(28)18(13-24)12-16-6-10-20(11-7-16)26(2)3/h4-12,15H,14H2,1-3H3,(H,25,27)/b18-12+/t15-/m1/s1. The summed E-state index contributed by atoms with van der Waals surface area (Å²) >= 11 is 0. The van der Waals surface area contributed by atoms with Crippen LogP contribution >= 0.6 is 0 Å². The van der Waals surface area contributed by atoms with E-state index in [-0.39, 0.29) is 17.9 Å². The van der Waals surface area contributed by atoms with E-state index >= 15 is 0 Å². The zero-order valence-corrected chi connectivity index (χ0v) is 16.5. The largest absolute Gasteiger partial charge is 0.448 e. The molecule has 0 saturated carbocycles. The van der Waals surface area contributed by atoms with Crippen LogP contribution in [0.1, 0.15) is 18.1 Å². The van der Waals surface area contributed by atoms with Crippen molar-refractivity contribution in [3.05, 3.63) is 71.0 Å². The highest BCUT2D eigenvalue weighted by Gasteiger charge is 2.20. The van der Waals surface area contributed by atoms with Crippen molar-refractivity contribution < 1.29 is 18.7 Å². The van der Waals surface area contributed by atoms with Gasteiger partial charge in [0.15, 0.2) is 6.10 Å². The van der Waals surface area contributed by atoms with Crippen LogP contribution in [0.15, 0.2) is 54.1 Å². The second kappa shape index (κ2) is 10.0. The number of esters is 1. The Balaban J connectivity index is 1.95. The van der Waals surface area contributed by atoms with Gasteiger partial charge in [0.05, 0.1) is 0 Å². The molecule has 0 saturated heterocycles. The highest BCUT2D eigenvalue weighted by Crippen LogP contribution is 2.15. The topological polar surface area (TPSA) is 82.4 Å². The molecule has 7 heteroatoms. The van der Waals surface area contributed by atoms with Crippen LogP contribution in [0, 0.1) is 17.1 Å². The molecule has 2 rings (SSSR count). The average molecular weight is 395 g/mol. The van der Waals surface area contributed by atoms with Crippen molar-refractivity contribution in [2.24, 2.45) is 0 Å². The Labute approximate surface area is 169 Å². The zero-order chi connectivity index (χ0) is 21.4. The number of hydrogen-bond acceptors (Lipinski definition) is 5. The number of benzene rings is 2. The van der Waals surface area contributed by atoms with Crippen molar-refractivity contribution in [1.29, 1.82) is 5.26 Å². The third kappa shape index (κ3) is 6.47. The van der Waals surface area contributed by atoms with Gasteiger partial charge < -0.3 is 15.0 Å². The molecule has 0 bridgehead atoms. The molecule has 0 spiro atoms. The van der Waals surface area contributed by atoms with E-state index in [2.05, 4.69) is 5.32 Å². The quantitative estimate of drug-likeness (QED) is 0.443. The molecule has 0 aliphatic heterocycles. The summed E-state index contributed by atoms with van der Waals surface area (Å²) in [5.41, 5.74) is 2.14. The number of halogens is 1. The summed E-state index contributed by atoms with van der Waals surface area (Å²) in [4.78, 5) is 26.3. The SMILES string of the molecule is C[C@@H](OC(=O)/C(C#N)=C/c1ccc(N(C)C)cc1)C(=O)NCc1ccc(F)cc1. The van der Waals surface area contributed by atoms with Gasteiger partial charge in [0, 0.05) is 26.3 Å². The molecule has 150 valence electrons. The number of carbonyl (C=O) groups is 2. The van der Waals surface area contributed by atoms with E-state index in [4.69, 9.17) is 4.74 Å². The fraction of sp³-hybridized carbons (Fsp3) is 0.227. The van der Waals surface area contributed by atoms with E-state index in [1.54, 1.807) is 30.3 Å². The molecule has 0 heterocycles. The monoisotopic (exact) mass is 395 g/mol. The van der Waals surface area contributed by atoms with Gasteiger partial charge in [-0.25, -0.2) is 9.18 Å². The second-order valence-corrected chi connectivity index (χ2v) is 6.55. The number of amides is 1. The van der Waals surface area contributed by atoms with Crippen LogP contribution in [0.2, 0.25) is 0 Å². The van der Waals surface area contributed by atoms with Crippen LogP contribution in [-0.4, -0.2) is 32.1 Å². The number of hydrogen-bond donors (Lipinski definition) is 1. The lowest BCUT2D eigenvalue weighted by Crippen LogP contribution is -2.35. The fourth-order valence-electron chi connectivity index (χ4n) is 2.38. The van der Waals surface area contributed by atoms with E-state index < -0.39 is 18.0 Å². The first-order valence-corrected chi connectivity index (χ1v) is 8.92. The van der Waals surface area contributed by atoms with Crippen molar-refractivity contribution in [2.75, 3.05) is 19.0 Å². The lowest BCUT2D eigenvalue weighted by atomic mass is 10.1. The molecule has 1 amide bonds. The number of nitrogens with one attached hydrogen (secondary N) is 1. The fourth-order valence-corrected chi connectivity index (χ4v) is 2.38. The van der Waals surface area contributed by atoms with Crippen LogP contribution in [-0.2, 0) is 20.9 Å². The number of anilines is 1. The number of carbonyl (C=O) groups excluding carboxylic acids is 2. The van der Waals surface area contributed by atoms with Gasteiger partial charge in [-0.1, -0.05) is 24.3 Å². The summed E-state index contributed by atoms with van der Waals surface area (Å²) in [7, 11) is 3.82. The molecular weight excluding hydrogens is 373 g/mol. The van der Waals surface area contributed by atoms with E-state index in [0.29, 0.717) is 11.1 Å². The molecule has 0 radical (unpaired) electrons. The Kier molecular flexibility index (Phi) is 7.49. The first-order valence-electron chi connectivity index (χ1n) is 8.92. The predicted molar refractivity (Wildman–Crippen MR) is 108 cm³/mol. The molecule has 0 aromatic heterocycles. The number of nitrogens with zero attached hydrogens (tertiary/aromatic N) is 2. The highest BCUT2D eigenvalue weighted by atomic mass is 19.1. The number of nitriles is 1. The molecule has 0 unspecified atom stereocenters. The van der Waals surface area contributed by atoms with Crippen LogP contribution in [0.25, 0.3) is 6.08 Å². The Hall–Kier alpha value is -3.66. The average Bonchev–Trinajstić information content (AvgIpc) is 2.71. The van der Waals surface area contributed by atoms with Crippen LogP contribution in [0.3, 0.4) is 0 Å². The Bertz CT molecular complexity index is 929. The lowest BCUT2D eigenvalue weighted by Gasteiger charge is -2.13. The van der Waals surface area contributed by atoms with Gasteiger partial charge in [-0.05, 0) is 48.4 Å². The highest BCUT2D eigenvalue weighted by molar-refractivity contribution is 5.99. The van der Waals surface area contributed by atoms with Crippen LogP contribution in [0.4, 0.5) is 10.1 Å². The molecule has 2 aromatic rings. The van der Waals surface area contributed by atoms with Crippen molar-refractivity contribution >= 4 is 23.6 Å². The number of ether oxygens (including phenoxy) is 1. The van der Waals surface area contributed by atoms with E-state index in [9.17, 15) is 19.2 Å². The van der Waals surface area contributed by atoms with Crippen molar-refractivity contribution in [3.8, 4) is 6.07 Å². The summed E-state index contributed by atoms with van der Waals surface area (Å²) in [5, 5.41) is 11.9. The Morgan fingerprint density at radius 2 is 1.79 bits per heavy atom. The van der Waals surface area contributed by atoms with Crippen molar-refractivity contribution in [2.45, 2.75) is 19.6 Å². The minimum Gasteiger partial charge on any atom is -0.448 e. The Morgan fingerprint density at radius 3 is 2.34 bits per heavy atom. The summed E-state index contributed by atoms with van der Waals surface area (Å²) in [6.45, 7) is 1.58. The Morgan fingerprint density at radius 1 is 1.17 bits per heavy atom. The van der Waals surface area contributed by atoms with Gasteiger partial charge in [0.1, 0.15) is 17.5 Å². The number of rotatable bonds is 7. The first-order chi connectivity index (χ1) is 13.8. The van der Waals surface area contributed by atoms with Gasteiger partial charge in [0.2, 0.25) is 0 Å². The minimum atomic E-state index is -1.09. The van der Waals surface area contributed by atoms with Gasteiger partial charge in [-0.3, -0.25) is 4.79 Å². The van der Waals surface area contributed by atoms with Crippen molar-refractivity contribution in [1.82, 2.24) is 5.32 Å². The molecule has 2 aromatic carbocycles.